The highest BCUT2D eigenvalue weighted by molar-refractivity contribution is 5.30. The zero-order chi connectivity index (χ0) is 13.9. The van der Waals surface area contributed by atoms with E-state index in [2.05, 4.69) is 37.4 Å². The Bertz CT molecular complexity index is 339. The molecule has 0 unspecified atom stereocenters. The number of ether oxygens (including phenoxy) is 2. The Balaban J connectivity index is 2.10. The third kappa shape index (κ3) is 7.19. The lowest BCUT2D eigenvalue weighted by Crippen LogP contribution is -2.20. The van der Waals surface area contributed by atoms with E-state index in [0.29, 0.717) is 5.92 Å². The molecule has 1 N–H and O–H groups in total. The quantitative estimate of drug-likeness (QED) is 0.659. The van der Waals surface area contributed by atoms with Crippen LogP contribution in [0.15, 0.2) is 24.3 Å². The van der Waals surface area contributed by atoms with Crippen molar-refractivity contribution in [2.75, 3.05) is 33.4 Å². The summed E-state index contributed by atoms with van der Waals surface area (Å²) in [4.78, 5) is 0. The van der Waals surface area contributed by atoms with Gasteiger partial charge < -0.3 is 14.8 Å². The van der Waals surface area contributed by atoms with Crippen LogP contribution in [0.3, 0.4) is 0 Å². The maximum Gasteiger partial charge on any atom is 0.119 e. The van der Waals surface area contributed by atoms with Crippen molar-refractivity contribution in [3.8, 4) is 5.75 Å². The third-order valence-corrected chi connectivity index (χ3v) is 3.02. The molecular weight excluding hydrogens is 238 g/mol. The summed E-state index contributed by atoms with van der Waals surface area (Å²) in [5, 5.41) is 3.33. The topological polar surface area (TPSA) is 30.5 Å². The maximum atomic E-state index is 5.77. The van der Waals surface area contributed by atoms with Crippen molar-refractivity contribution in [3.05, 3.63) is 29.8 Å². The van der Waals surface area contributed by atoms with Gasteiger partial charge in [-0.3, -0.25) is 0 Å². The molecule has 0 saturated carbocycles. The summed E-state index contributed by atoms with van der Waals surface area (Å²) in [7, 11) is 1.72. The molecule has 0 heterocycles. The number of unbranched alkanes of at least 4 members (excludes halogenated alkanes) is 1. The highest BCUT2D eigenvalue weighted by Crippen LogP contribution is 2.20. The van der Waals surface area contributed by atoms with Crippen LogP contribution in [-0.4, -0.2) is 33.4 Å². The van der Waals surface area contributed by atoms with Crippen LogP contribution in [-0.2, 0) is 4.74 Å². The van der Waals surface area contributed by atoms with Crippen LogP contribution in [0.5, 0.6) is 5.75 Å². The van der Waals surface area contributed by atoms with Gasteiger partial charge in [-0.15, -0.1) is 0 Å². The van der Waals surface area contributed by atoms with Crippen molar-refractivity contribution >= 4 is 0 Å². The fraction of sp³-hybridized carbons (Fsp3) is 0.625. The van der Waals surface area contributed by atoms with Crippen molar-refractivity contribution in [3.63, 3.8) is 0 Å². The van der Waals surface area contributed by atoms with E-state index in [4.69, 9.17) is 9.47 Å². The smallest absolute Gasteiger partial charge is 0.119 e. The van der Waals surface area contributed by atoms with Gasteiger partial charge in [0.05, 0.1) is 13.2 Å². The van der Waals surface area contributed by atoms with Gasteiger partial charge in [0, 0.05) is 13.7 Å². The van der Waals surface area contributed by atoms with E-state index in [1.165, 1.54) is 5.56 Å². The number of methoxy groups -OCH3 is 1. The van der Waals surface area contributed by atoms with Crippen molar-refractivity contribution in [1.82, 2.24) is 5.32 Å². The number of nitrogens with one attached hydrogen (secondary N) is 1. The summed E-state index contributed by atoms with van der Waals surface area (Å²) in [6.07, 6.45) is 2.21. The van der Waals surface area contributed by atoms with Crippen molar-refractivity contribution in [2.45, 2.75) is 32.6 Å². The van der Waals surface area contributed by atoms with E-state index in [1.54, 1.807) is 7.11 Å². The molecule has 0 saturated heterocycles. The summed E-state index contributed by atoms with van der Waals surface area (Å²) in [6, 6.07) is 8.39. The van der Waals surface area contributed by atoms with Crippen LogP contribution in [0.25, 0.3) is 0 Å². The van der Waals surface area contributed by atoms with Crippen molar-refractivity contribution in [1.29, 1.82) is 0 Å². The van der Waals surface area contributed by atoms with Gasteiger partial charge in [0.2, 0.25) is 0 Å². The average molecular weight is 265 g/mol. The summed E-state index contributed by atoms with van der Waals surface area (Å²) in [5.74, 6) is 1.53. The van der Waals surface area contributed by atoms with E-state index in [9.17, 15) is 0 Å². The fourth-order valence-electron chi connectivity index (χ4n) is 1.80. The van der Waals surface area contributed by atoms with Gasteiger partial charge in [0.15, 0.2) is 0 Å². The lowest BCUT2D eigenvalue weighted by Gasteiger charge is -2.10. The molecule has 108 valence electrons. The van der Waals surface area contributed by atoms with Crippen LogP contribution in [0.4, 0.5) is 0 Å². The van der Waals surface area contributed by atoms with E-state index < -0.39 is 0 Å². The standard InChI is InChI=1S/C16H27NO2/c1-14(2)15-7-6-8-16(13-15)19-11-5-4-9-17-10-12-18-3/h6-8,13-14,17H,4-5,9-12H2,1-3H3. The Morgan fingerprint density at radius 3 is 2.68 bits per heavy atom. The Kier molecular flexibility index (Phi) is 8.26. The summed E-state index contributed by atoms with van der Waals surface area (Å²) < 4.78 is 10.7. The minimum atomic E-state index is 0.550. The molecule has 1 rings (SSSR count). The number of benzene rings is 1. The Hall–Kier alpha value is -1.06. The van der Waals surface area contributed by atoms with Gasteiger partial charge in [-0.25, -0.2) is 0 Å². The molecule has 0 aliphatic heterocycles. The molecule has 3 heteroatoms. The fourth-order valence-corrected chi connectivity index (χ4v) is 1.80. The highest BCUT2D eigenvalue weighted by atomic mass is 16.5. The first kappa shape index (κ1) is 16.0. The number of hydrogen-bond donors (Lipinski definition) is 1. The first-order chi connectivity index (χ1) is 9.24. The molecule has 0 aliphatic carbocycles. The molecule has 0 aromatic heterocycles. The lowest BCUT2D eigenvalue weighted by molar-refractivity contribution is 0.199. The van der Waals surface area contributed by atoms with Crippen LogP contribution in [0, 0.1) is 0 Å². The molecule has 0 spiro atoms. The first-order valence-corrected chi connectivity index (χ1v) is 7.16. The molecule has 1 aromatic rings. The minimum Gasteiger partial charge on any atom is -0.494 e. The predicted octanol–water partition coefficient (Wildman–Crippen LogP) is 3.21. The Morgan fingerprint density at radius 2 is 1.95 bits per heavy atom. The second-order valence-electron chi connectivity index (χ2n) is 5.03. The molecule has 0 atom stereocenters. The average Bonchev–Trinajstić information content (AvgIpc) is 2.42. The van der Waals surface area contributed by atoms with Crippen LogP contribution in [0.1, 0.15) is 38.2 Å². The normalized spacial score (nSPS) is 10.9. The lowest BCUT2D eigenvalue weighted by atomic mass is 10.0. The van der Waals surface area contributed by atoms with Crippen LogP contribution < -0.4 is 10.1 Å². The summed E-state index contributed by atoms with van der Waals surface area (Å²) in [5.41, 5.74) is 1.33. The predicted molar refractivity (Wildman–Crippen MR) is 80.0 cm³/mol. The molecule has 3 nitrogen and oxygen atoms in total. The SMILES string of the molecule is COCCNCCCCOc1cccc(C(C)C)c1. The first-order valence-electron chi connectivity index (χ1n) is 7.16. The van der Waals surface area contributed by atoms with E-state index in [0.717, 1.165) is 44.9 Å². The molecule has 1 aromatic carbocycles. The molecule has 0 bridgehead atoms. The maximum absolute atomic E-state index is 5.77. The molecule has 0 aliphatic rings. The monoisotopic (exact) mass is 265 g/mol. The molecule has 0 amide bonds. The van der Waals surface area contributed by atoms with Gasteiger partial charge in [-0.2, -0.15) is 0 Å². The van der Waals surface area contributed by atoms with E-state index >= 15 is 0 Å². The molecular formula is C16H27NO2. The Morgan fingerprint density at radius 1 is 1.11 bits per heavy atom. The zero-order valence-electron chi connectivity index (χ0n) is 12.4. The zero-order valence-corrected chi connectivity index (χ0v) is 12.4. The number of rotatable bonds is 10. The minimum absolute atomic E-state index is 0.550. The Labute approximate surface area is 117 Å². The van der Waals surface area contributed by atoms with Gasteiger partial charge in [-0.1, -0.05) is 26.0 Å². The van der Waals surface area contributed by atoms with Gasteiger partial charge >= 0.3 is 0 Å². The molecule has 0 radical (unpaired) electrons. The largest absolute Gasteiger partial charge is 0.494 e. The van der Waals surface area contributed by atoms with Crippen molar-refractivity contribution in [2.24, 2.45) is 0 Å². The third-order valence-electron chi connectivity index (χ3n) is 3.02. The van der Waals surface area contributed by atoms with E-state index in [-0.39, 0.29) is 0 Å². The number of hydrogen-bond acceptors (Lipinski definition) is 3. The second kappa shape index (κ2) is 9.82. The van der Waals surface area contributed by atoms with E-state index in [1.807, 2.05) is 6.07 Å². The van der Waals surface area contributed by atoms with Gasteiger partial charge in [0.1, 0.15) is 5.75 Å². The highest BCUT2D eigenvalue weighted by Gasteiger charge is 2.00. The van der Waals surface area contributed by atoms with Gasteiger partial charge in [0.25, 0.3) is 0 Å². The van der Waals surface area contributed by atoms with Crippen LogP contribution >= 0.6 is 0 Å². The summed E-state index contributed by atoms with van der Waals surface area (Å²) >= 11 is 0. The molecule has 0 fully saturated rings. The van der Waals surface area contributed by atoms with Crippen LogP contribution in [0.2, 0.25) is 0 Å². The van der Waals surface area contributed by atoms with Crippen molar-refractivity contribution < 1.29 is 9.47 Å². The van der Waals surface area contributed by atoms with Gasteiger partial charge in [-0.05, 0) is 43.0 Å². The summed E-state index contributed by atoms with van der Waals surface area (Å²) in [6.45, 7) is 7.91. The second-order valence-corrected chi connectivity index (χ2v) is 5.03. The molecule has 19 heavy (non-hydrogen) atoms.